The molecular formula is C15H17BrN4. The van der Waals surface area contributed by atoms with Crippen LogP contribution in [0.15, 0.2) is 57.0 Å². The summed E-state index contributed by atoms with van der Waals surface area (Å²) in [5.41, 5.74) is 8.77. The van der Waals surface area contributed by atoms with E-state index >= 15 is 0 Å². The van der Waals surface area contributed by atoms with Crippen LogP contribution in [0, 0.1) is 0 Å². The molecular weight excluding hydrogens is 316 g/mol. The van der Waals surface area contributed by atoms with Gasteiger partial charge in [0.05, 0.1) is 18.0 Å². The lowest BCUT2D eigenvalue weighted by Gasteiger charge is -2.18. The summed E-state index contributed by atoms with van der Waals surface area (Å²) < 4.78 is 1.08. The van der Waals surface area contributed by atoms with Crippen LogP contribution in [-0.2, 0) is 0 Å². The molecule has 0 atom stereocenters. The minimum Gasteiger partial charge on any atom is -0.383 e. The fourth-order valence-corrected chi connectivity index (χ4v) is 2.66. The zero-order valence-corrected chi connectivity index (χ0v) is 13.2. The average molecular weight is 333 g/mol. The van der Waals surface area contributed by atoms with Gasteiger partial charge in [0.15, 0.2) is 0 Å². The lowest BCUT2D eigenvalue weighted by Crippen LogP contribution is -2.31. The third-order valence-electron chi connectivity index (χ3n) is 3.44. The molecule has 2 N–H and O–H groups in total. The Balaban J connectivity index is 1.98. The van der Waals surface area contributed by atoms with Crippen molar-refractivity contribution >= 4 is 21.6 Å². The summed E-state index contributed by atoms with van der Waals surface area (Å²) in [4.78, 5) is 4.86. The van der Waals surface area contributed by atoms with Crippen molar-refractivity contribution in [1.82, 2.24) is 15.8 Å². The minimum atomic E-state index is 0.736. The zero-order valence-electron chi connectivity index (χ0n) is 11.6. The van der Waals surface area contributed by atoms with Crippen LogP contribution >= 0.6 is 15.9 Å². The number of fused-ring (bicyclic) bond motifs is 1. The maximum Gasteiger partial charge on any atom is 0.110 e. The van der Waals surface area contributed by atoms with Gasteiger partial charge in [-0.25, -0.2) is 4.99 Å². The zero-order chi connectivity index (χ0) is 14.1. The Labute approximate surface area is 127 Å². The molecule has 1 aromatic rings. The second-order valence-corrected chi connectivity index (χ2v) is 5.72. The van der Waals surface area contributed by atoms with Crippen LogP contribution in [0.1, 0.15) is 19.4 Å². The normalized spacial score (nSPS) is 17.9. The molecule has 0 unspecified atom stereocenters. The van der Waals surface area contributed by atoms with Crippen LogP contribution in [0.4, 0.5) is 0 Å². The lowest BCUT2D eigenvalue weighted by molar-refractivity contribution is 0.318. The van der Waals surface area contributed by atoms with Crippen molar-refractivity contribution in [2.75, 3.05) is 13.1 Å². The van der Waals surface area contributed by atoms with Crippen LogP contribution in [-0.4, -0.2) is 23.8 Å². The Morgan fingerprint density at radius 3 is 2.75 bits per heavy atom. The van der Waals surface area contributed by atoms with Gasteiger partial charge in [-0.2, -0.15) is 0 Å². The quantitative estimate of drug-likeness (QED) is 0.874. The standard InChI is InChI=1S/C15H17BrN4/c1-3-20-14-9-17-8-13(18-15(14)10(2)19-20)11-4-6-12(16)7-5-11/h4-7,9,17,19H,3,8H2,1-2H3. The van der Waals surface area contributed by atoms with Gasteiger partial charge < -0.3 is 10.7 Å². The first-order chi connectivity index (χ1) is 9.69. The first kappa shape index (κ1) is 13.2. The Morgan fingerprint density at radius 2 is 2.05 bits per heavy atom. The van der Waals surface area contributed by atoms with Crippen LogP contribution in [0.2, 0.25) is 0 Å². The van der Waals surface area contributed by atoms with Gasteiger partial charge in [0, 0.05) is 17.2 Å². The fraction of sp³-hybridized carbons (Fsp3) is 0.267. The van der Waals surface area contributed by atoms with Crippen molar-refractivity contribution in [2.45, 2.75) is 13.8 Å². The van der Waals surface area contributed by atoms with E-state index in [0.717, 1.165) is 45.9 Å². The highest BCUT2D eigenvalue weighted by Gasteiger charge is 2.25. The molecule has 2 heterocycles. The highest BCUT2D eigenvalue weighted by atomic mass is 79.9. The molecule has 4 nitrogen and oxygen atoms in total. The van der Waals surface area contributed by atoms with E-state index in [1.807, 2.05) is 18.3 Å². The maximum absolute atomic E-state index is 4.86. The second kappa shape index (κ2) is 5.32. The third-order valence-corrected chi connectivity index (χ3v) is 3.97. The summed E-state index contributed by atoms with van der Waals surface area (Å²) in [5.74, 6) is 0. The molecule has 0 saturated heterocycles. The summed E-state index contributed by atoms with van der Waals surface area (Å²) in [6.45, 7) is 5.82. The molecule has 1 aromatic carbocycles. The average Bonchev–Trinajstić information content (AvgIpc) is 2.64. The third kappa shape index (κ3) is 2.33. The molecule has 5 heteroatoms. The smallest absolute Gasteiger partial charge is 0.110 e. The van der Waals surface area contributed by atoms with Crippen LogP contribution < -0.4 is 10.7 Å². The van der Waals surface area contributed by atoms with E-state index in [9.17, 15) is 0 Å². The number of rotatable bonds is 2. The summed E-state index contributed by atoms with van der Waals surface area (Å²) >= 11 is 3.46. The van der Waals surface area contributed by atoms with Crippen LogP contribution in [0.25, 0.3) is 0 Å². The molecule has 0 spiro atoms. The monoisotopic (exact) mass is 332 g/mol. The van der Waals surface area contributed by atoms with E-state index in [1.165, 1.54) is 0 Å². The van der Waals surface area contributed by atoms with Gasteiger partial charge in [-0.1, -0.05) is 28.1 Å². The molecule has 0 aromatic heterocycles. The minimum absolute atomic E-state index is 0.736. The molecule has 0 saturated carbocycles. The molecule has 0 bridgehead atoms. The maximum atomic E-state index is 4.86. The van der Waals surface area contributed by atoms with E-state index in [-0.39, 0.29) is 0 Å². The summed E-state index contributed by atoms with van der Waals surface area (Å²) in [6, 6.07) is 8.27. The highest BCUT2D eigenvalue weighted by Crippen LogP contribution is 2.26. The number of likely N-dealkylation sites (N-methyl/N-ethyl adjacent to an activating group) is 1. The predicted octanol–water partition coefficient (Wildman–Crippen LogP) is 2.75. The van der Waals surface area contributed by atoms with Gasteiger partial charge in [-0.3, -0.25) is 5.01 Å². The van der Waals surface area contributed by atoms with Crippen molar-refractivity contribution in [1.29, 1.82) is 0 Å². The largest absolute Gasteiger partial charge is 0.383 e. The van der Waals surface area contributed by atoms with Gasteiger partial charge in [-0.15, -0.1) is 0 Å². The topological polar surface area (TPSA) is 39.7 Å². The number of benzene rings is 1. The van der Waals surface area contributed by atoms with E-state index in [2.05, 4.69) is 57.7 Å². The molecule has 0 aliphatic carbocycles. The van der Waals surface area contributed by atoms with Crippen molar-refractivity contribution < 1.29 is 0 Å². The molecule has 0 amide bonds. The van der Waals surface area contributed by atoms with E-state index in [1.54, 1.807) is 0 Å². The number of nitrogens with one attached hydrogen (secondary N) is 2. The molecule has 104 valence electrons. The Hall–Kier alpha value is -1.75. The predicted molar refractivity (Wildman–Crippen MR) is 85.0 cm³/mol. The van der Waals surface area contributed by atoms with Gasteiger partial charge in [0.2, 0.25) is 0 Å². The first-order valence-corrected chi connectivity index (χ1v) is 7.51. The molecule has 20 heavy (non-hydrogen) atoms. The van der Waals surface area contributed by atoms with Crippen molar-refractivity contribution in [2.24, 2.45) is 4.99 Å². The number of hydrazine groups is 1. The van der Waals surface area contributed by atoms with Crippen LogP contribution in [0.5, 0.6) is 0 Å². The van der Waals surface area contributed by atoms with E-state index in [0.29, 0.717) is 0 Å². The Morgan fingerprint density at radius 1 is 1.30 bits per heavy atom. The van der Waals surface area contributed by atoms with Gasteiger partial charge >= 0.3 is 0 Å². The van der Waals surface area contributed by atoms with E-state index in [4.69, 9.17) is 4.99 Å². The number of nitrogens with zero attached hydrogens (tertiary/aromatic N) is 2. The van der Waals surface area contributed by atoms with Gasteiger partial charge in [0.1, 0.15) is 11.4 Å². The van der Waals surface area contributed by atoms with Gasteiger partial charge in [-0.05, 0) is 31.5 Å². The summed E-state index contributed by atoms with van der Waals surface area (Å²) in [7, 11) is 0. The Bertz CT molecular complexity index is 613. The molecule has 2 aliphatic heterocycles. The Kier molecular flexibility index (Phi) is 3.53. The fourth-order valence-electron chi connectivity index (χ4n) is 2.40. The summed E-state index contributed by atoms with van der Waals surface area (Å²) in [5, 5.41) is 5.45. The lowest BCUT2D eigenvalue weighted by atomic mass is 10.1. The first-order valence-electron chi connectivity index (χ1n) is 6.71. The van der Waals surface area contributed by atoms with Crippen molar-refractivity contribution in [3.8, 4) is 0 Å². The molecule has 0 radical (unpaired) electrons. The number of halogens is 1. The van der Waals surface area contributed by atoms with Crippen molar-refractivity contribution in [3.05, 3.63) is 57.6 Å². The van der Waals surface area contributed by atoms with Crippen molar-refractivity contribution in [3.63, 3.8) is 0 Å². The SMILES string of the molecule is CCN1NC(C)=C2N=C(c3ccc(Br)cc3)CNC=C21. The molecule has 2 aliphatic rings. The number of aliphatic imine (C=N–C) groups is 1. The number of allylic oxidation sites excluding steroid dienone is 1. The van der Waals surface area contributed by atoms with E-state index < -0.39 is 0 Å². The molecule has 0 fully saturated rings. The second-order valence-electron chi connectivity index (χ2n) is 4.81. The molecule has 3 rings (SSSR count). The summed E-state index contributed by atoms with van der Waals surface area (Å²) in [6.07, 6.45) is 2.04. The number of hydrogen-bond donors (Lipinski definition) is 2. The number of hydrogen-bond acceptors (Lipinski definition) is 4. The van der Waals surface area contributed by atoms with Crippen LogP contribution in [0.3, 0.4) is 0 Å². The van der Waals surface area contributed by atoms with Gasteiger partial charge in [0.25, 0.3) is 0 Å². The highest BCUT2D eigenvalue weighted by molar-refractivity contribution is 9.10.